The number of hydrogen-bond donors (Lipinski definition) is 2. The topological polar surface area (TPSA) is 78.5 Å². The van der Waals surface area contributed by atoms with E-state index in [1.807, 2.05) is 11.4 Å². The van der Waals surface area contributed by atoms with Gasteiger partial charge in [-0.2, -0.15) is 11.3 Å². The number of rotatable bonds is 5. The maximum absolute atomic E-state index is 12.6. The van der Waals surface area contributed by atoms with Crippen molar-refractivity contribution in [3.63, 3.8) is 0 Å². The Kier molecular flexibility index (Phi) is 4.78. The SMILES string of the molecule is C[C@]1(c2ccsc2)NC(=O)N(CC(=O)NCc2cccc(Cl)c2)C1=O. The zero-order chi connectivity index (χ0) is 18.0. The highest BCUT2D eigenvalue weighted by Gasteiger charge is 2.49. The van der Waals surface area contributed by atoms with Crippen molar-refractivity contribution in [1.29, 1.82) is 0 Å². The quantitative estimate of drug-likeness (QED) is 0.786. The molecule has 130 valence electrons. The third kappa shape index (κ3) is 3.52. The number of urea groups is 1. The van der Waals surface area contributed by atoms with Crippen molar-refractivity contribution in [2.24, 2.45) is 0 Å². The van der Waals surface area contributed by atoms with Crippen molar-refractivity contribution in [3.05, 3.63) is 57.2 Å². The normalized spacial score (nSPS) is 19.8. The van der Waals surface area contributed by atoms with E-state index in [2.05, 4.69) is 10.6 Å². The lowest BCUT2D eigenvalue weighted by molar-refractivity contribution is -0.134. The van der Waals surface area contributed by atoms with Crippen LogP contribution in [0.1, 0.15) is 18.1 Å². The molecule has 4 amide bonds. The standard InChI is InChI=1S/C17H16ClN3O3S/c1-17(12-5-6-25-10-12)15(23)21(16(24)20-17)9-14(22)19-8-11-3-2-4-13(18)7-11/h2-7,10H,8-9H2,1H3,(H,19,22)(H,20,24)/t17-/m1/s1. The van der Waals surface area contributed by atoms with Crippen molar-refractivity contribution in [1.82, 2.24) is 15.5 Å². The Morgan fingerprint density at radius 2 is 2.16 bits per heavy atom. The number of benzene rings is 1. The van der Waals surface area contributed by atoms with Crippen LogP contribution < -0.4 is 10.6 Å². The molecule has 1 saturated heterocycles. The Bertz CT molecular complexity index is 824. The van der Waals surface area contributed by atoms with E-state index in [1.165, 1.54) is 11.3 Å². The van der Waals surface area contributed by atoms with Gasteiger partial charge >= 0.3 is 6.03 Å². The first kappa shape index (κ1) is 17.4. The molecule has 6 nitrogen and oxygen atoms in total. The molecule has 0 bridgehead atoms. The average molecular weight is 378 g/mol. The van der Waals surface area contributed by atoms with Crippen LogP contribution >= 0.6 is 22.9 Å². The van der Waals surface area contributed by atoms with Crippen LogP contribution in [-0.4, -0.2) is 29.3 Å². The highest BCUT2D eigenvalue weighted by atomic mass is 35.5. The van der Waals surface area contributed by atoms with Gasteiger partial charge in [0.25, 0.3) is 5.91 Å². The van der Waals surface area contributed by atoms with Gasteiger partial charge in [0.15, 0.2) is 0 Å². The van der Waals surface area contributed by atoms with Crippen LogP contribution in [0.25, 0.3) is 0 Å². The Labute approximate surface area is 153 Å². The summed E-state index contributed by atoms with van der Waals surface area (Å²) in [4.78, 5) is 37.9. The van der Waals surface area contributed by atoms with Crippen LogP contribution in [0.15, 0.2) is 41.1 Å². The van der Waals surface area contributed by atoms with Gasteiger partial charge in [0.05, 0.1) is 0 Å². The van der Waals surface area contributed by atoms with E-state index >= 15 is 0 Å². The molecule has 0 spiro atoms. The summed E-state index contributed by atoms with van der Waals surface area (Å²) in [7, 11) is 0. The monoisotopic (exact) mass is 377 g/mol. The van der Waals surface area contributed by atoms with Crippen molar-refractivity contribution >= 4 is 40.8 Å². The van der Waals surface area contributed by atoms with Gasteiger partial charge in [-0.3, -0.25) is 14.5 Å². The molecule has 3 rings (SSSR count). The summed E-state index contributed by atoms with van der Waals surface area (Å²) >= 11 is 7.34. The van der Waals surface area contributed by atoms with Gasteiger partial charge < -0.3 is 10.6 Å². The number of nitrogens with zero attached hydrogens (tertiary/aromatic N) is 1. The Hall–Kier alpha value is -2.38. The van der Waals surface area contributed by atoms with Crippen molar-refractivity contribution in [2.45, 2.75) is 19.0 Å². The molecule has 1 aromatic heterocycles. The molecule has 0 saturated carbocycles. The fraction of sp³-hybridized carbons (Fsp3) is 0.235. The molecule has 1 aromatic carbocycles. The molecule has 1 atom stereocenters. The van der Waals surface area contributed by atoms with E-state index in [9.17, 15) is 14.4 Å². The summed E-state index contributed by atoms with van der Waals surface area (Å²) in [5.74, 6) is -0.855. The second-order valence-electron chi connectivity index (χ2n) is 5.87. The first-order valence-electron chi connectivity index (χ1n) is 7.58. The fourth-order valence-electron chi connectivity index (χ4n) is 2.63. The summed E-state index contributed by atoms with van der Waals surface area (Å²) in [6.07, 6.45) is 0. The smallest absolute Gasteiger partial charge is 0.325 e. The van der Waals surface area contributed by atoms with Gasteiger partial charge in [-0.05, 0) is 47.0 Å². The zero-order valence-electron chi connectivity index (χ0n) is 13.4. The molecule has 2 heterocycles. The molecule has 1 aliphatic heterocycles. The van der Waals surface area contributed by atoms with Gasteiger partial charge in [0, 0.05) is 11.6 Å². The molecule has 0 aliphatic carbocycles. The highest BCUT2D eigenvalue weighted by Crippen LogP contribution is 2.30. The maximum Gasteiger partial charge on any atom is 0.325 e. The number of carbonyl (C=O) groups is 3. The minimum Gasteiger partial charge on any atom is -0.350 e. The number of thiophene rings is 1. The van der Waals surface area contributed by atoms with Gasteiger partial charge in [0.1, 0.15) is 12.1 Å². The lowest BCUT2D eigenvalue weighted by Crippen LogP contribution is -2.43. The average Bonchev–Trinajstić information content (AvgIpc) is 3.18. The number of imide groups is 1. The Morgan fingerprint density at radius 3 is 2.84 bits per heavy atom. The molecule has 1 aliphatic rings. The number of halogens is 1. The molecule has 2 N–H and O–H groups in total. The fourth-order valence-corrected chi connectivity index (χ4v) is 3.61. The minimum absolute atomic E-state index is 0.269. The van der Waals surface area contributed by atoms with E-state index in [0.717, 1.165) is 10.5 Å². The lowest BCUT2D eigenvalue weighted by Gasteiger charge is -2.20. The second-order valence-corrected chi connectivity index (χ2v) is 7.08. The van der Waals surface area contributed by atoms with E-state index in [4.69, 9.17) is 11.6 Å². The molecule has 0 radical (unpaired) electrons. The summed E-state index contributed by atoms with van der Waals surface area (Å²) in [6, 6.07) is 8.30. The van der Waals surface area contributed by atoms with Crippen molar-refractivity contribution < 1.29 is 14.4 Å². The van der Waals surface area contributed by atoms with E-state index in [1.54, 1.807) is 36.6 Å². The third-order valence-corrected chi connectivity index (χ3v) is 4.97. The number of carbonyl (C=O) groups excluding carboxylic acids is 3. The summed E-state index contributed by atoms with van der Waals surface area (Å²) < 4.78 is 0. The zero-order valence-corrected chi connectivity index (χ0v) is 15.0. The first-order valence-corrected chi connectivity index (χ1v) is 8.90. The van der Waals surface area contributed by atoms with Crippen LogP contribution in [0.5, 0.6) is 0 Å². The van der Waals surface area contributed by atoms with Crippen molar-refractivity contribution in [3.8, 4) is 0 Å². The van der Waals surface area contributed by atoms with Crippen LogP contribution in [0.3, 0.4) is 0 Å². The molecular formula is C17H16ClN3O3S. The Morgan fingerprint density at radius 1 is 1.36 bits per heavy atom. The summed E-state index contributed by atoms with van der Waals surface area (Å²) in [5, 5.41) is 9.57. The third-order valence-electron chi connectivity index (χ3n) is 4.05. The van der Waals surface area contributed by atoms with Gasteiger partial charge in [-0.25, -0.2) is 4.79 Å². The molecule has 8 heteroatoms. The Balaban J connectivity index is 1.63. The minimum atomic E-state index is -1.13. The van der Waals surface area contributed by atoms with E-state index in [0.29, 0.717) is 10.6 Å². The molecule has 0 unspecified atom stereocenters. The van der Waals surface area contributed by atoms with Crippen molar-refractivity contribution in [2.75, 3.05) is 6.54 Å². The number of hydrogen-bond acceptors (Lipinski definition) is 4. The lowest BCUT2D eigenvalue weighted by atomic mass is 9.95. The van der Waals surface area contributed by atoms with Crippen LogP contribution in [0, 0.1) is 0 Å². The largest absolute Gasteiger partial charge is 0.350 e. The summed E-state index contributed by atoms with van der Waals surface area (Å²) in [6.45, 7) is 1.58. The van der Waals surface area contributed by atoms with Gasteiger partial charge in [0.2, 0.25) is 5.91 Å². The number of amides is 4. The van der Waals surface area contributed by atoms with E-state index < -0.39 is 23.4 Å². The highest BCUT2D eigenvalue weighted by molar-refractivity contribution is 7.08. The van der Waals surface area contributed by atoms with Crippen LogP contribution in [0.2, 0.25) is 5.02 Å². The molecule has 25 heavy (non-hydrogen) atoms. The van der Waals surface area contributed by atoms with Gasteiger partial charge in [-0.15, -0.1) is 0 Å². The second kappa shape index (κ2) is 6.85. The predicted octanol–water partition coefficient (Wildman–Crippen LogP) is 2.48. The van der Waals surface area contributed by atoms with Gasteiger partial charge in [-0.1, -0.05) is 23.7 Å². The van der Waals surface area contributed by atoms with Crippen LogP contribution in [-0.2, 0) is 21.7 Å². The molecule has 1 fully saturated rings. The van der Waals surface area contributed by atoms with E-state index in [-0.39, 0.29) is 13.1 Å². The molecular weight excluding hydrogens is 362 g/mol. The predicted molar refractivity (Wildman–Crippen MR) is 95.2 cm³/mol. The first-order chi connectivity index (χ1) is 11.9. The number of nitrogens with one attached hydrogen (secondary N) is 2. The molecule has 2 aromatic rings. The van der Waals surface area contributed by atoms with Crippen LogP contribution in [0.4, 0.5) is 4.79 Å². The summed E-state index contributed by atoms with van der Waals surface area (Å²) in [5.41, 5.74) is 0.406. The maximum atomic E-state index is 12.6.